The first-order valence-electron chi connectivity index (χ1n) is 18.4. The predicted molar refractivity (Wildman–Crippen MR) is 207 cm³/mol. The second-order valence-corrected chi connectivity index (χ2v) is 13.1. The molecule has 278 valence electrons. The van der Waals surface area contributed by atoms with Gasteiger partial charge in [-0.1, -0.05) is 124 Å². The van der Waals surface area contributed by atoms with Crippen LogP contribution in [0.5, 0.6) is 0 Å². The number of hydrogen-bond donors (Lipinski definition) is 4. The average molecular weight is 703 g/mol. The Hall–Kier alpha value is -2.58. The van der Waals surface area contributed by atoms with Crippen LogP contribution in [-0.4, -0.2) is 47.8 Å². The number of phosphoric ester groups is 1. The normalized spacial score (nSPS) is 15.4. The van der Waals surface area contributed by atoms with E-state index in [1.54, 1.807) is 6.08 Å². The summed E-state index contributed by atoms with van der Waals surface area (Å²) in [4.78, 5) is 22.6. The third-order valence-corrected chi connectivity index (χ3v) is 8.09. The van der Waals surface area contributed by atoms with E-state index in [4.69, 9.17) is 14.8 Å². The molecule has 0 aliphatic rings. The topological polar surface area (TPSA) is 131 Å². The van der Waals surface area contributed by atoms with Crippen LogP contribution in [0.1, 0.15) is 117 Å². The minimum Gasteiger partial charge on any atom is -0.387 e. The van der Waals surface area contributed by atoms with Crippen molar-refractivity contribution in [3.05, 3.63) is 97.2 Å². The molecule has 0 radical (unpaired) electrons. The van der Waals surface area contributed by atoms with Crippen molar-refractivity contribution >= 4 is 13.7 Å². The molecule has 0 aromatic heterocycles. The van der Waals surface area contributed by atoms with Gasteiger partial charge in [-0.15, -0.1) is 0 Å². The van der Waals surface area contributed by atoms with E-state index in [0.29, 0.717) is 6.42 Å². The summed E-state index contributed by atoms with van der Waals surface area (Å²) in [6.45, 7) is 3.84. The third-order valence-electron chi connectivity index (χ3n) is 7.10. The predicted octanol–water partition coefficient (Wildman–Crippen LogP) is 9.66. The molecule has 0 heterocycles. The van der Waals surface area contributed by atoms with Gasteiger partial charge in [-0.25, -0.2) is 4.57 Å². The van der Waals surface area contributed by atoms with Gasteiger partial charge < -0.3 is 21.1 Å². The largest absolute Gasteiger partial charge is 0.472 e. The van der Waals surface area contributed by atoms with Crippen molar-refractivity contribution in [3.8, 4) is 0 Å². The lowest BCUT2D eigenvalue weighted by molar-refractivity contribution is -0.123. The molecule has 0 aliphatic heterocycles. The molecule has 0 fully saturated rings. The molecule has 0 spiro atoms. The minimum atomic E-state index is -4.36. The summed E-state index contributed by atoms with van der Waals surface area (Å²) in [6, 6.07) is -0.905. The van der Waals surface area contributed by atoms with Crippen LogP contribution in [-0.2, 0) is 18.4 Å². The average Bonchev–Trinajstić information content (AvgIpc) is 3.09. The van der Waals surface area contributed by atoms with Crippen LogP contribution in [0.3, 0.4) is 0 Å². The van der Waals surface area contributed by atoms with Crippen molar-refractivity contribution in [2.24, 2.45) is 5.73 Å². The Bertz CT molecular complexity index is 1080. The molecule has 3 unspecified atom stereocenters. The lowest BCUT2D eigenvalue weighted by Crippen LogP contribution is -2.45. The molecule has 49 heavy (non-hydrogen) atoms. The molecule has 0 aromatic rings. The Morgan fingerprint density at radius 1 is 0.694 bits per heavy atom. The van der Waals surface area contributed by atoms with E-state index in [1.807, 2.05) is 6.08 Å². The summed E-state index contributed by atoms with van der Waals surface area (Å²) in [5, 5.41) is 13.5. The SMILES string of the molecule is CC/C=C\C/C=C\C/C=C\C/C=C\C/C=C\CCCCCC(=O)NC(COP(=O)(O)OCCN)C(O)/C=C/CC/C=C/CC/C=C/CCC. The molecule has 8 nitrogen and oxygen atoms in total. The van der Waals surface area contributed by atoms with Crippen LogP contribution >= 0.6 is 7.82 Å². The lowest BCUT2D eigenvalue weighted by Gasteiger charge is -2.23. The number of carbonyl (C=O) groups is 1. The number of aliphatic hydroxyl groups is 1. The molecule has 5 N–H and O–H groups in total. The number of rotatable bonds is 32. The lowest BCUT2D eigenvalue weighted by atomic mass is 10.1. The van der Waals surface area contributed by atoms with Crippen LogP contribution < -0.4 is 11.1 Å². The van der Waals surface area contributed by atoms with Crippen molar-refractivity contribution in [1.29, 1.82) is 0 Å². The fourth-order valence-electron chi connectivity index (χ4n) is 4.37. The molecule has 0 aromatic carbocycles. The summed E-state index contributed by atoms with van der Waals surface area (Å²) >= 11 is 0. The number of unbranched alkanes of at least 4 members (excludes halogenated alkanes) is 6. The Balaban J connectivity index is 4.45. The van der Waals surface area contributed by atoms with Gasteiger partial charge in [0.25, 0.3) is 0 Å². The van der Waals surface area contributed by atoms with Gasteiger partial charge in [-0.05, 0) is 83.5 Å². The number of allylic oxidation sites excluding steroid dienone is 15. The van der Waals surface area contributed by atoms with E-state index in [0.717, 1.165) is 89.9 Å². The molecule has 1 amide bonds. The fourth-order valence-corrected chi connectivity index (χ4v) is 5.13. The highest BCUT2D eigenvalue weighted by molar-refractivity contribution is 7.47. The monoisotopic (exact) mass is 702 g/mol. The van der Waals surface area contributed by atoms with Gasteiger partial charge in [0.05, 0.1) is 25.4 Å². The summed E-state index contributed by atoms with van der Waals surface area (Å²) < 4.78 is 22.0. The maximum atomic E-state index is 12.7. The molecule has 0 aliphatic carbocycles. The van der Waals surface area contributed by atoms with Crippen LogP contribution in [0.4, 0.5) is 0 Å². The molecular weight excluding hydrogens is 635 g/mol. The number of nitrogens with two attached hydrogens (primary N) is 1. The van der Waals surface area contributed by atoms with Gasteiger partial charge in [0, 0.05) is 13.0 Å². The van der Waals surface area contributed by atoms with Crippen LogP contribution in [0.15, 0.2) is 97.2 Å². The van der Waals surface area contributed by atoms with Crippen molar-refractivity contribution < 1.29 is 28.4 Å². The molecule has 9 heteroatoms. The van der Waals surface area contributed by atoms with Crippen LogP contribution in [0.2, 0.25) is 0 Å². The highest BCUT2D eigenvalue weighted by Gasteiger charge is 2.26. The number of amides is 1. The van der Waals surface area contributed by atoms with E-state index in [2.05, 4.69) is 104 Å². The standard InChI is InChI=1S/C40H67N2O6P/c1-3-5-7-9-11-13-15-16-17-18-19-20-21-22-24-26-28-30-32-34-40(44)42-38(37-48-49(45,46)47-36-35-41)39(43)33-31-29-27-25-23-14-12-10-8-6-4-2/h5,7-8,10-11,13,16-17,19-20,22-25,31,33,38-39,43H,3-4,6,9,12,14-15,18,21,26-30,32,34-37,41H2,1-2H3,(H,42,44)(H,45,46)/b7-5-,10-8+,13-11-,17-16-,20-19-,24-22-,25-23+,33-31+. The molecule has 0 bridgehead atoms. The molecule has 0 rings (SSSR count). The van der Waals surface area contributed by atoms with Crippen molar-refractivity contribution in [3.63, 3.8) is 0 Å². The Kier molecular flexibility index (Phi) is 33.4. The zero-order valence-electron chi connectivity index (χ0n) is 30.4. The second kappa shape index (κ2) is 35.3. The minimum absolute atomic E-state index is 0.0600. The maximum Gasteiger partial charge on any atom is 0.472 e. The molecule has 3 atom stereocenters. The molecular formula is C40H67N2O6P. The summed E-state index contributed by atoms with van der Waals surface area (Å²) in [5.74, 6) is -0.248. The summed E-state index contributed by atoms with van der Waals surface area (Å²) in [6.07, 6.45) is 47.4. The van der Waals surface area contributed by atoms with Gasteiger partial charge in [-0.2, -0.15) is 0 Å². The van der Waals surface area contributed by atoms with Gasteiger partial charge in [-0.3, -0.25) is 13.8 Å². The maximum absolute atomic E-state index is 12.7. The Labute approximate surface area is 298 Å². The first-order chi connectivity index (χ1) is 23.9. The van der Waals surface area contributed by atoms with E-state index in [-0.39, 0.29) is 32.1 Å². The Morgan fingerprint density at radius 3 is 1.76 bits per heavy atom. The van der Waals surface area contributed by atoms with Gasteiger partial charge >= 0.3 is 7.82 Å². The zero-order chi connectivity index (χ0) is 36.1. The summed E-state index contributed by atoms with van der Waals surface area (Å²) in [5.41, 5.74) is 5.34. The van der Waals surface area contributed by atoms with E-state index >= 15 is 0 Å². The quantitative estimate of drug-likeness (QED) is 0.0312. The highest BCUT2D eigenvalue weighted by Crippen LogP contribution is 2.43. The number of hydrogen-bond acceptors (Lipinski definition) is 6. The van der Waals surface area contributed by atoms with Crippen LogP contribution in [0, 0.1) is 0 Å². The number of carbonyl (C=O) groups excluding carboxylic acids is 1. The van der Waals surface area contributed by atoms with Crippen molar-refractivity contribution in [2.45, 2.75) is 129 Å². The van der Waals surface area contributed by atoms with Crippen LogP contribution in [0.25, 0.3) is 0 Å². The van der Waals surface area contributed by atoms with Gasteiger partial charge in [0.2, 0.25) is 5.91 Å². The second-order valence-electron chi connectivity index (χ2n) is 11.7. The number of nitrogens with one attached hydrogen (secondary N) is 1. The third kappa shape index (κ3) is 33.7. The van der Waals surface area contributed by atoms with E-state index in [1.165, 1.54) is 0 Å². The van der Waals surface area contributed by atoms with Gasteiger partial charge in [0.1, 0.15) is 0 Å². The van der Waals surface area contributed by atoms with Crippen molar-refractivity contribution in [2.75, 3.05) is 19.8 Å². The zero-order valence-corrected chi connectivity index (χ0v) is 31.3. The smallest absolute Gasteiger partial charge is 0.387 e. The highest BCUT2D eigenvalue weighted by atomic mass is 31.2. The van der Waals surface area contributed by atoms with E-state index < -0.39 is 20.0 Å². The van der Waals surface area contributed by atoms with Crippen molar-refractivity contribution in [1.82, 2.24) is 5.32 Å². The molecule has 0 saturated heterocycles. The first kappa shape index (κ1) is 46.4. The fraction of sp³-hybridized carbons (Fsp3) is 0.575. The van der Waals surface area contributed by atoms with Gasteiger partial charge in [0.15, 0.2) is 0 Å². The summed E-state index contributed by atoms with van der Waals surface area (Å²) in [7, 11) is -4.36. The first-order valence-corrected chi connectivity index (χ1v) is 19.9. The van der Waals surface area contributed by atoms with E-state index in [9.17, 15) is 19.4 Å². The number of phosphoric acid groups is 1. The molecule has 0 saturated carbocycles. The Morgan fingerprint density at radius 2 is 1.20 bits per heavy atom. The number of aliphatic hydroxyl groups excluding tert-OH is 1.